The lowest BCUT2D eigenvalue weighted by atomic mass is 9.70. The normalized spacial score (nSPS) is 38.8. The van der Waals surface area contributed by atoms with Crippen LogP contribution in [0.5, 0.6) is 0 Å². The summed E-state index contributed by atoms with van der Waals surface area (Å²) in [5.74, 6) is 0.585. The molecule has 132 valence electrons. The molecular weight excluding hydrogens is 314 g/mol. The van der Waals surface area contributed by atoms with Crippen molar-refractivity contribution in [3.8, 4) is 0 Å². The Balaban J connectivity index is 1.66. The fourth-order valence-electron chi connectivity index (χ4n) is 5.09. The van der Waals surface area contributed by atoms with Gasteiger partial charge in [0, 0.05) is 17.3 Å². The van der Waals surface area contributed by atoms with E-state index < -0.39 is 12.2 Å². The van der Waals surface area contributed by atoms with Crippen molar-refractivity contribution in [1.82, 2.24) is 10.0 Å². The molecule has 0 aromatic carbocycles. The van der Waals surface area contributed by atoms with Crippen LogP contribution in [0.4, 0.5) is 9.59 Å². The average molecular weight is 337 g/mol. The molecule has 8 heteroatoms. The van der Waals surface area contributed by atoms with Crippen molar-refractivity contribution < 1.29 is 23.9 Å². The lowest BCUT2D eigenvalue weighted by molar-refractivity contribution is -0.198. The third-order valence-corrected chi connectivity index (χ3v) is 5.89. The first-order chi connectivity index (χ1) is 11.3. The summed E-state index contributed by atoms with van der Waals surface area (Å²) in [7, 11) is 2.63. The number of ether oxygens (including phenoxy) is 2. The summed E-state index contributed by atoms with van der Waals surface area (Å²) in [6, 6.07) is -0.144. The van der Waals surface area contributed by atoms with Crippen LogP contribution in [0.1, 0.15) is 27.2 Å². The van der Waals surface area contributed by atoms with Gasteiger partial charge >= 0.3 is 12.2 Å². The Bertz CT molecular complexity index is 628. The van der Waals surface area contributed by atoms with Crippen molar-refractivity contribution in [3.63, 3.8) is 0 Å². The quantitative estimate of drug-likeness (QED) is 0.674. The minimum atomic E-state index is -0.541. The van der Waals surface area contributed by atoms with E-state index in [0.717, 1.165) is 12.1 Å². The number of hydrogen-bond donors (Lipinski definition) is 0. The number of fused-ring (bicyclic) bond motifs is 8. The predicted molar refractivity (Wildman–Crippen MR) is 82.9 cm³/mol. The van der Waals surface area contributed by atoms with Gasteiger partial charge in [0.2, 0.25) is 0 Å². The lowest BCUT2D eigenvalue weighted by Gasteiger charge is -2.58. The number of hydrogen-bond acceptors (Lipinski definition) is 6. The molecule has 2 aliphatic heterocycles. The fraction of sp³-hybridized carbons (Fsp3) is 0.812. The highest BCUT2D eigenvalue weighted by atomic mass is 16.6. The maximum absolute atomic E-state index is 12.2. The molecule has 24 heavy (non-hydrogen) atoms. The van der Waals surface area contributed by atoms with Gasteiger partial charge in [0.1, 0.15) is 6.10 Å². The van der Waals surface area contributed by atoms with Gasteiger partial charge in [-0.2, -0.15) is 0 Å². The highest BCUT2D eigenvalue weighted by Crippen LogP contribution is 2.61. The molecule has 2 amide bonds. The SMILES string of the molecule is COC(=O)N1[C@@H]2[C@@H]([C@@H]3C[C@H]2C2C(C(C)(C)C)=NOC23)N1C(=O)OC. The molecule has 0 spiro atoms. The molecule has 6 atom stereocenters. The van der Waals surface area contributed by atoms with E-state index in [1.807, 2.05) is 0 Å². The smallest absolute Gasteiger partial charge is 0.429 e. The first-order valence-electron chi connectivity index (χ1n) is 8.29. The second-order valence-corrected chi connectivity index (χ2v) is 8.00. The van der Waals surface area contributed by atoms with Crippen LogP contribution in [-0.4, -0.2) is 60.3 Å². The summed E-state index contributed by atoms with van der Waals surface area (Å²) in [5, 5.41) is 7.15. The molecule has 4 aliphatic rings. The van der Waals surface area contributed by atoms with Gasteiger partial charge < -0.3 is 14.3 Å². The van der Waals surface area contributed by atoms with Gasteiger partial charge in [0.25, 0.3) is 0 Å². The van der Waals surface area contributed by atoms with Crippen molar-refractivity contribution in [2.75, 3.05) is 14.2 Å². The molecule has 0 radical (unpaired) electrons. The number of carbonyl (C=O) groups excluding carboxylic acids is 2. The van der Waals surface area contributed by atoms with E-state index in [4.69, 9.17) is 14.3 Å². The molecule has 0 aromatic rings. The molecule has 2 heterocycles. The number of nitrogens with zero attached hydrogens (tertiary/aromatic N) is 3. The summed E-state index contributed by atoms with van der Waals surface area (Å²) in [6.07, 6.45) is -0.169. The first-order valence-corrected chi connectivity index (χ1v) is 8.29. The number of hydrazine groups is 1. The van der Waals surface area contributed by atoms with E-state index in [-0.39, 0.29) is 41.4 Å². The Morgan fingerprint density at radius 3 is 2.12 bits per heavy atom. The van der Waals surface area contributed by atoms with Crippen LogP contribution >= 0.6 is 0 Å². The Morgan fingerprint density at radius 1 is 1.08 bits per heavy atom. The Kier molecular flexibility index (Phi) is 3.08. The minimum Gasteiger partial charge on any atom is -0.452 e. The van der Waals surface area contributed by atoms with Crippen molar-refractivity contribution >= 4 is 17.9 Å². The zero-order valence-electron chi connectivity index (χ0n) is 14.6. The van der Waals surface area contributed by atoms with Gasteiger partial charge in [-0.1, -0.05) is 25.9 Å². The van der Waals surface area contributed by atoms with Crippen LogP contribution in [0.25, 0.3) is 0 Å². The molecule has 0 N–H and O–H groups in total. The van der Waals surface area contributed by atoms with Crippen molar-refractivity contribution in [1.29, 1.82) is 0 Å². The average Bonchev–Trinajstić information content (AvgIpc) is 3.14. The molecule has 3 fully saturated rings. The largest absolute Gasteiger partial charge is 0.452 e. The summed E-state index contributed by atoms with van der Waals surface area (Å²) >= 11 is 0. The Hall–Kier alpha value is -1.99. The van der Waals surface area contributed by atoms with E-state index >= 15 is 0 Å². The maximum atomic E-state index is 12.2. The topological polar surface area (TPSA) is 80.7 Å². The molecule has 4 rings (SSSR count). The molecule has 0 aromatic heterocycles. The molecule has 2 saturated carbocycles. The van der Waals surface area contributed by atoms with E-state index in [2.05, 4.69) is 25.9 Å². The third-order valence-electron chi connectivity index (χ3n) is 5.89. The fourth-order valence-corrected chi connectivity index (χ4v) is 5.09. The molecular formula is C16H23N3O5. The number of carbonyl (C=O) groups is 2. The zero-order chi connectivity index (χ0) is 17.4. The van der Waals surface area contributed by atoms with Gasteiger partial charge in [0.15, 0.2) is 0 Å². The second kappa shape index (κ2) is 4.77. The minimum absolute atomic E-state index is 0.0163. The van der Waals surface area contributed by atoms with Gasteiger partial charge in [-0.3, -0.25) is 0 Å². The molecule has 2 unspecified atom stereocenters. The number of amides is 2. The van der Waals surface area contributed by atoms with Crippen LogP contribution in [0.15, 0.2) is 5.16 Å². The monoisotopic (exact) mass is 337 g/mol. The zero-order valence-corrected chi connectivity index (χ0v) is 14.6. The maximum Gasteiger partial charge on any atom is 0.429 e. The van der Waals surface area contributed by atoms with Gasteiger partial charge in [-0.15, -0.1) is 0 Å². The van der Waals surface area contributed by atoms with Crippen LogP contribution < -0.4 is 0 Å². The number of oxime groups is 1. The predicted octanol–water partition coefficient (Wildman–Crippen LogP) is 1.86. The van der Waals surface area contributed by atoms with Gasteiger partial charge in [-0.25, -0.2) is 19.6 Å². The van der Waals surface area contributed by atoms with Crippen LogP contribution in [0.3, 0.4) is 0 Å². The molecule has 2 aliphatic carbocycles. The summed E-state index contributed by atoms with van der Waals surface area (Å²) in [6.45, 7) is 6.38. The van der Waals surface area contributed by atoms with Crippen molar-refractivity contribution in [2.45, 2.75) is 45.4 Å². The number of rotatable bonds is 0. The van der Waals surface area contributed by atoms with Crippen LogP contribution in [0.2, 0.25) is 0 Å². The Morgan fingerprint density at radius 2 is 1.62 bits per heavy atom. The molecule has 1 saturated heterocycles. The summed E-state index contributed by atoms with van der Waals surface area (Å²) in [4.78, 5) is 30.1. The van der Waals surface area contributed by atoms with Crippen LogP contribution in [-0.2, 0) is 14.3 Å². The van der Waals surface area contributed by atoms with Crippen LogP contribution in [0, 0.1) is 23.2 Å². The number of methoxy groups -OCH3 is 2. The van der Waals surface area contributed by atoms with Gasteiger partial charge in [0.05, 0.1) is 32.0 Å². The third kappa shape index (κ3) is 1.71. The molecule has 2 bridgehead atoms. The first kappa shape index (κ1) is 15.5. The van der Waals surface area contributed by atoms with Crippen molar-refractivity contribution in [2.24, 2.45) is 28.3 Å². The highest BCUT2D eigenvalue weighted by molar-refractivity contribution is 5.93. The van der Waals surface area contributed by atoms with E-state index in [9.17, 15) is 9.59 Å². The van der Waals surface area contributed by atoms with Gasteiger partial charge in [-0.05, 0) is 12.3 Å². The molecule has 8 nitrogen and oxygen atoms in total. The van der Waals surface area contributed by atoms with Crippen molar-refractivity contribution in [3.05, 3.63) is 0 Å². The second-order valence-electron chi connectivity index (χ2n) is 8.00. The lowest BCUT2D eigenvalue weighted by Crippen LogP contribution is -2.78. The van der Waals surface area contributed by atoms with E-state index in [0.29, 0.717) is 0 Å². The highest BCUT2D eigenvalue weighted by Gasteiger charge is 2.74. The summed E-state index contributed by atoms with van der Waals surface area (Å²) < 4.78 is 9.73. The summed E-state index contributed by atoms with van der Waals surface area (Å²) in [5.41, 5.74) is 0.973. The standard InChI is InChI=1S/C16H23N3O5/c1-16(2,3)13-9-7-6-8(12(9)24-17-13)11-10(7)18(14(20)22-4)19(11)15(21)23-5/h7-12H,6H2,1-5H3/t7-,8-,9?,10-,11+,12?/m0/s1. The van der Waals surface area contributed by atoms with E-state index in [1.54, 1.807) is 0 Å². The Labute approximate surface area is 140 Å². The van der Waals surface area contributed by atoms with E-state index in [1.165, 1.54) is 24.2 Å².